The first kappa shape index (κ1) is 19.5. The molecule has 138 valence electrons. The lowest BCUT2D eigenvalue weighted by atomic mass is 10.1. The first-order chi connectivity index (χ1) is 12.2. The van der Waals surface area contributed by atoms with Crippen LogP contribution in [0.1, 0.15) is 29.8 Å². The summed E-state index contributed by atoms with van der Waals surface area (Å²) in [5, 5.41) is 9.00. The molecule has 2 N–H and O–H groups in total. The Morgan fingerprint density at radius 3 is 2.58 bits per heavy atom. The fraction of sp³-hybridized carbons (Fsp3) is 0.211. The summed E-state index contributed by atoms with van der Waals surface area (Å²) < 4.78 is 31.4. The molecule has 0 aliphatic heterocycles. The molecule has 7 heteroatoms. The Kier molecular flexibility index (Phi) is 6.05. The zero-order valence-electron chi connectivity index (χ0n) is 14.8. The molecule has 0 heterocycles. The lowest BCUT2D eigenvalue weighted by molar-refractivity contribution is 0.104. The van der Waals surface area contributed by atoms with Gasteiger partial charge in [-0.2, -0.15) is 0 Å². The molecule has 0 radical (unpaired) electrons. The van der Waals surface area contributed by atoms with E-state index in [1.807, 2.05) is 0 Å². The SMILES string of the molecule is COc1cc(/C=C/C(=O)c2cccc(NS(=O)(=O)C(C)C)c2)ccc1O. The van der Waals surface area contributed by atoms with Crippen LogP contribution in [0.15, 0.2) is 48.5 Å². The minimum atomic E-state index is -3.48. The van der Waals surface area contributed by atoms with Crippen LogP contribution >= 0.6 is 0 Å². The fourth-order valence-corrected chi connectivity index (χ4v) is 2.78. The van der Waals surface area contributed by atoms with Crippen LogP contribution in [-0.2, 0) is 10.0 Å². The standard InChI is InChI=1S/C19H21NO5S/c1-13(2)26(23,24)20-16-6-4-5-15(12-16)17(21)9-7-14-8-10-18(22)19(11-14)25-3/h4-13,20,22H,1-3H3/b9-7+. The fourth-order valence-electron chi connectivity index (χ4n) is 2.08. The van der Waals surface area contributed by atoms with Gasteiger partial charge in [0, 0.05) is 11.3 Å². The van der Waals surface area contributed by atoms with Crippen LogP contribution in [0.4, 0.5) is 5.69 Å². The van der Waals surface area contributed by atoms with Crippen molar-refractivity contribution in [2.24, 2.45) is 0 Å². The van der Waals surface area contributed by atoms with Crippen LogP contribution in [0, 0.1) is 0 Å². The van der Waals surface area contributed by atoms with Crippen LogP contribution in [0.5, 0.6) is 11.5 Å². The van der Waals surface area contributed by atoms with E-state index in [1.165, 1.54) is 25.3 Å². The van der Waals surface area contributed by atoms with Gasteiger partial charge >= 0.3 is 0 Å². The van der Waals surface area contributed by atoms with Gasteiger partial charge in [-0.3, -0.25) is 9.52 Å². The first-order valence-electron chi connectivity index (χ1n) is 7.94. The molecule has 0 amide bonds. The summed E-state index contributed by atoms with van der Waals surface area (Å²) in [4.78, 5) is 12.3. The molecule has 26 heavy (non-hydrogen) atoms. The maximum Gasteiger partial charge on any atom is 0.235 e. The average molecular weight is 375 g/mol. The second-order valence-corrected chi connectivity index (χ2v) is 8.14. The number of ether oxygens (including phenoxy) is 1. The Bertz CT molecular complexity index is 933. The predicted octanol–water partition coefficient (Wildman–Crippen LogP) is 3.45. The Morgan fingerprint density at radius 2 is 1.92 bits per heavy atom. The molecule has 2 aromatic rings. The molecule has 0 aromatic heterocycles. The number of aromatic hydroxyl groups is 1. The van der Waals surface area contributed by atoms with Gasteiger partial charge in [-0.25, -0.2) is 8.42 Å². The van der Waals surface area contributed by atoms with Crippen molar-refractivity contribution in [2.75, 3.05) is 11.8 Å². The van der Waals surface area contributed by atoms with Gasteiger partial charge in [0.1, 0.15) is 0 Å². The third-order valence-corrected chi connectivity index (χ3v) is 5.42. The number of phenols is 1. The largest absolute Gasteiger partial charge is 0.504 e. The van der Waals surface area contributed by atoms with Crippen molar-refractivity contribution >= 4 is 27.6 Å². The number of ketones is 1. The number of carbonyl (C=O) groups is 1. The van der Waals surface area contributed by atoms with Gasteiger partial charge in [0.2, 0.25) is 10.0 Å². The molecule has 6 nitrogen and oxygen atoms in total. The molecule has 0 saturated carbocycles. The average Bonchev–Trinajstić information content (AvgIpc) is 2.60. The second-order valence-electron chi connectivity index (χ2n) is 5.91. The summed E-state index contributed by atoms with van der Waals surface area (Å²) >= 11 is 0. The van der Waals surface area contributed by atoms with Gasteiger partial charge in [-0.05, 0) is 49.8 Å². The van der Waals surface area contributed by atoms with E-state index < -0.39 is 15.3 Å². The molecule has 0 atom stereocenters. The molecule has 0 spiro atoms. The van der Waals surface area contributed by atoms with Gasteiger partial charge in [-0.1, -0.05) is 24.3 Å². The second kappa shape index (κ2) is 8.05. The normalized spacial score (nSPS) is 11.7. The molecular weight excluding hydrogens is 354 g/mol. The predicted molar refractivity (Wildman–Crippen MR) is 102 cm³/mol. The van der Waals surface area contributed by atoms with Crippen LogP contribution in [0.2, 0.25) is 0 Å². The van der Waals surface area contributed by atoms with Crippen molar-refractivity contribution in [3.8, 4) is 11.5 Å². The minimum absolute atomic E-state index is 0.0149. The molecule has 0 aliphatic rings. The lowest BCUT2D eigenvalue weighted by Gasteiger charge is -2.11. The summed E-state index contributed by atoms with van der Waals surface area (Å²) in [7, 11) is -2.04. The maximum atomic E-state index is 12.3. The molecule has 2 aromatic carbocycles. The first-order valence-corrected chi connectivity index (χ1v) is 9.48. The molecule has 2 rings (SSSR count). The summed E-state index contributed by atoms with van der Waals surface area (Å²) in [6.45, 7) is 3.15. The number of methoxy groups -OCH3 is 1. The smallest absolute Gasteiger partial charge is 0.235 e. The van der Waals surface area contributed by atoms with Crippen molar-refractivity contribution in [1.29, 1.82) is 0 Å². The minimum Gasteiger partial charge on any atom is -0.504 e. The van der Waals surface area contributed by atoms with Crippen LogP contribution in [-0.4, -0.2) is 31.7 Å². The molecule has 0 bridgehead atoms. The third kappa shape index (κ3) is 4.86. The number of carbonyl (C=O) groups excluding carboxylic acids is 1. The van der Waals surface area contributed by atoms with Crippen molar-refractivity contribution in [2.45, 2.75) is 19.1 Å². The van der Waals surface area contributed by atoms with Gasteiger partial charge in [0.05, 0.1) is 12.4 Å². The van der Waals surface area contributed by atoms with Crippen LogP contribution in [0.3, 0.4) is 0 Å². The Balaban J connectivity index is 2.19. The summed E-state index contributed by atoms with van der Waals surface area (Å²) in [6.07, 6.45) is 2.97. The van der Waals surface area contributed by atoms with E-state index in [-0.39, 0.29) is 11.5 Å². The van der Waals surface area contributed by atoms with Gasteiger partial charge < -0.3 is 9.84 Å². The monoisotopic (exact) mass is 375 g/mol. The molecule has 0 saturated heterocycles. The number of phenolic OH excluding ortho intramolecular Hbond substituents is 1. The highest BCUT2D eigenvalue weighted by atomic mass is 32.2. The number of anilines is 1. The van der Waals surface area contributed by atoms with E-state index >= 15 is 0 Å². The van der Waals surface area contributed by atoms with Gasteiger partial charge in [0.15, 0.2) is 17.3 Å². The number of hydrogen-bond acceptors (Lipinski definition) is 5. The number of benzene rings is 2. The summed E-state index contributed by atoms with van der Waals surface area (Å²) in [6, 6.07) is 11.0. The van der Waals surface area contributed by atoms with Crippen molar-refractivity contribution < 1.29 is 23.1 Å². The number of hydrogen-bond donors (Lipinski definition) is 2. The number of nitrogens with one attached hydrogen (secondary N) is 1. The highest BCUT2D eigenvalue weighted by Gasteiger charge is 2.16. The van der Waals surface area contributed by atoms with E-state index in [9.17, 15) is 18.3 Å². The lowest BCUT2D eigenvalue weighted by Crippen LogP contribution is -2.22. The zero-order chi connectivity index (χ0) is 19.3. The number of rotatable bonds is 7. The maximum absolute atomic E-state index is 12.3. The van der Waals surface area contributed by atoms with E-state index in [0.717, 1.165) is 0 Å². The Morgan fingerprint density at radius 1 is 1.19 bits per heavy atom. The van der Waals surface area contributed by atoms with Crippen molar-refractivity contribution in [3.63, 3.8) is 0 Å². The molecule has 0 fully saturated rings. The Labute approximate surface area is 153 Å². The van der Waals surface area contributed by atoms with E-state index in [1.54, 1.807) is 50.3 Å². The Hall–Kier alpha value is -2.80. The molecule has 0 aliphatic carbocycles. The van der Waals surface area contributed by atoms with Crippen molar-refractivity contribution in [3.05, 3.63) is 59.7 Å². The van der Waals surface area contributed by atoms with Gasteiger partial charge in [0.25, 0.3) is 0 Å². The highest BCUT2D eigenvalue weighted by Crippen LogP contribution is 2.26. The van der Waals surface area contributed by atoms with Crippen LogP contribution in [0.25, 0.3) is 6.08 Å². The van der Waals surface area contributed by atoms with E-state index in [4.69, 9.17) is 4.74 Å². The number of allylic oxidation sites excluding steroid dienone is 1. The molecular formula is C19H21NO5S. The van der Waals surface area contributed by atoms with Gasteiger partial charge in [-0.15, -0.1) is 0 Å². The summed E-state index contributed by atoms with van der Waals surface area (Å²) in [5.41, 5.74) is 1.38. The van der Waals surface area contributed by atoms with Crippen molar-refractivity contribution in [1.82, 2.24) is 0 Å². The zero-order valence-corrected chi connectivity index (χ0v) is 15.6. The topological polar surface area (TPSA) is 92.7 Å². The molecule has 0 unspecified atom stereocenters. The van der Waals surface area contributed by atoms with Crippen LogP contribution < -0.4 is 9.46 Å². The summed E-state index contributed by atoms with van der Waals surface area (Å²) in [5.74, 6) is 0.0495. The quantitative estimate of drug-likeness (QED) is 0.571. The third-order valence-electron chi connectivity index (χ3n) is 3.66. The van der Waals surface area contributed by atoms with E-state index in [0.29, 0.717) is 22.6 Å². The van der Waals surface area contributed by atoms with E-state index in [2.05, 4.69) is 4.72 Å². The highest BCUT2D eigenvalue weighted by molar-refractivity contribution is 7.93. The number of sulfonamides is 1.